The lowest BCUT2D eigenvalue weighted by molar-refractivity contribution is 0.305. The van der Waals surface area contributed by atoms with Gasteiger partial charge in [-0.25, -0.2) is 4.98 Å². The molecule has 2 aromatic heterocycles. The molecule has 2 nitrogen and oxygen atoms in total. The van der Waals surface area contributed by atoms with Crippen LogP contribution in [0.2, 0.25) is 0 Å². The van der Waals surface area contributed by atoms with Crippen LogP contribution in [0.4, 0.5) is 0 Å². The van der Waals surface area contributed by atoms with Crippen LogP contribution in [-0.2, 0) is 0 Å². The van der Waals surface area contributed by atoms with Crippen molar-refractivity contribution >= 4 is 11.0 Å². The maximum Gasteiger partial charge on any atom is 0.137 e. The quantitative estimate of drug-likeness (QED) is 0.845. The van der Waals surface area contributed by atoms with E-state index in [4.69, 9.17) is 0 Å². The minimum absolute atomic E-state index is 0.600. The second kappa shape index (κ2) is 5.13. The number of H-pyrrole nitrogens is 1. The van der Waals surface area contributed by atoms with E-state index in [0.717, 1.165) is 18.0 Å². The highest BCUT2D eigenvalue weighted by Crippen LogP contribution is 2.40. The standard InChI is InChI=1S/C16H21N2/c1-2-13(12-7-4-3-5-8-12)15-11-18-16-14(15)9-6-10-17-16/h6,9-13H,1-5,7-8H2,(H,17,18). The van der Waals surface area contributed by atoms with Crippen molar-refractivity contribution < 1.29 is 0 Å². The van der Waals surface area contributed by atoms with Crippen molar-refractivity contribution in [1.82, 2.24) is 9.97 Å². The lowest BCUT2D eigenvalue weighted by atomic mass is 9.76. The highest BCUT2D eigenvalue weighted by atomic mass is 14.8. The zero-order valence-electron chi connectivity index (χ0n) is 10.9. The van der Waals surface area contributed by atoms with E-state index in [1.54, 1.807) is 0 Å². The molecule has 1 atom stereocenters. The molecule has 1 fully saturated rings. The number of hydrogen-bond acceptors (Lipinski definition) is 1. The Morgan fingerprint density at radius 3 is 2.94 bits per heavy atom. The Balaban J connectivity index is 1.95. The van der Waals surface area contributed by atoms with Gasteiger partial charge in [0, 0.05) is 17.8 Å². The van der Waals surface area contributed by atoms with E-state index < -0.39 is 0 Å². The summed E-state index contributed by atoms with van der Waals surface area (Å²) in [5, 5.41) is 1.29. The number of fused-ring (bicyclic) bond motifs is 1. The van der Waals surface area contributed by atoms with E-state index in [1.165, 1.54) is 43.1 Å². The van der Waals surface area contributed by atoms with E-state index in [0.29, 0.717) is 5.92 Å². The predicted octanol–water partition coefficient (Wildman–Crippen LogP) is 4.45. The SMILES string of the molecule is [CH2]CC(c1c[nH]c2ncccc12)C1CCCCC1. The van der Waals surface area contributed by atoms with Crippen LogP contribution in [-0.4, -0.2) is 9.97 Å². The van der Waals surface area contributed by atoms with E-state index in [9.17, 15) is 0 Å². The van der Waals surface area contributed by atoms with Crippen LogP contribution in [0.1, 0.15) is 50.0 Å². The molecule has 2 heterocycles. The number of hydrogen-bond donors (Lipinski definition) is 1. The Morgan fingerprint density at radius 2 is 2.17 bits per heavy atom. The van der Waals surface area contributed by atoms with Crippen molar-refractivity contribution in [1.29, 1.82) is 0 Å². The molecule has 0 amide bonds. The number of pyridine rings is 1. The highest BCUT2D eigenvalue weighted by molar-refractivity contribution is 5.80. The Labute approximate surface area is 109 Å². The Hall–Kier alpha value is -1.31. The van der Waals surface area contributed by atoms with Crippen LogP contribution >= 0.6 is 0 Å². The van der Waals surface area contributed by atoms with E-state index in [-0.39, 0.29) is 0 Å². The average molecular weight is 241 g/mol. The van der Waals surface area contributed by atoms with E-state index >= 15 is 0 Å². The van der Waals surface area contributed by atoms with Crippen molar-refractivity contribution in [3.8, 4) is 0 Å². The third-order valence-corrected chi connectivity index (χ3v) is 4.41. The fourth-order valence-corrected chi connectivity index (χ4v) is 3.47. The van der Waals surface area contributed by atoms with Crippen molar-refractivity contribution in [2.75, 3.05) is 0 Å². The van der Waals surface area contributed by atoms with Crippen LogP contribution in [0.15, 0.2) is 24.5 Å². The Morgan fingerprint density at radius 1 is 1.33 bits per heavy atom. The maximum absolute atomic E-state index is 4.39. The predicted molar refractivity (Wildman–Crippen MR) is 75.4 cm³/mol. The molecule has 2 heteroatoms. The van der Waals surface area contributed by atoms with Crippen LogP contribution < -0.4 is 0 Å². The molecule has 1 radical (unpaired) electrons. The number of nitrogens with one attached hydrogen (secondary N) is 1. The summed E-state index contributed by atoms with van der Waals surface area (Å²) in [4.78, 5) is 7.69. The van der Waals surface area contributed by atoms with Gasteiger partial charge in [-0.15, -0.1) is 0 Å². The minimum Gasteiger partial charge on any atom is -0.346 e. The molecular weight excluding hydrogens is 220 g/mol. The average Bonchev–Trinajstić information content (AvgIpc) is 2.85. The molecule has 18 heavy (non-hydrogen) atoms. The van der Waals surface area contributed by atoms with Gasteiger partial charge in [0.1, 0.15) is 5.65 Å². The molecule has 0 aromatic carbocycles. The molecule has 0 aliphatic heterocycles. The molecule has 3 rings (SSSR count). The molecule has 1 unspecified atom stereocenters. The van der Waals surface area contributed by atoms with Gasteiger partial charge in [-0.3, -0.25) is 0 Å². The molecule has 1 aliphatic rings. The second-order valence-corrected chi connectivity index (χ2v) is 5.44. The third kappa shape index (κ3) is 2.05. The van der Waals surface area contributed by atoms with Gasteiger partial charge in [0.2, 0.25) is 0 Å². The molecule has 1 aliphatic carbocycles. The highest BCUT2D eigenvalue weighted by Gasteiger charge is 2.25. The number of rotatable bonds is 3. The first kappa shape index (κ1) is 11.8. The lowest BCUT2D eigenvalue weighted by Crippen LogP contribution is -2.15. The first-order chi connectivity index (χ1) is 8.90. The van der Waals surface area contributed by atoms with Crippen molar-refractivity contribution in [2.45, 2.75) is 44.4 Å². The smallest absolute Gasteiger partial charge is 0.137 e. The topological polar surface area (TPSA) is 28.7 Å². The van der Waals surface area contributed by atoms with Gasteiger partial charge < -0.3 is 4.98 Å². The summed E-state index contributed by atoms with van der Waals surface area (Å²) in [6, 6.07) is 4.21. The summed E-state index contributed by atoms with van der Waals surface area (Å²) in [5.41, 5.74) is 2.45. The van der Waals surface area contributed by atoms with Crippen molar-refractivity contribution in [3.05, 3.63) is 37.0 Å². The Bertz CT molecular complexity index is 509. The zero-order valence-corrected chi connectivity index (χ0v) is 10.9. The first-order valence-electron chi connectivity index (χ1n) is 7.11. The molecular formula is C16H21N2. The molecule has 0 spiro atoms. The van der Waals surface area contributed by atoms with Gasteiger partial charge in [0.05, 0.1) is 0 Å². The fourth-order valence-electron chi connectivity index (χ4n) is 3.47. The van der Waals surface area contributed by atoms with E-state index in [1.807, 2.05) is 12.3 Å². The van der Waals surface area contributed by atoms with Crippen molar-refractivity contribution in [3.63, 3.8) is 0 Å². The maximum atomic E-state index is 4.39. The lowest BCUT2D eigenvalue weighted by Gasteiger charge is -2.29. The molecule has 2 aromatic rings. The normalized spacial score (nSPS) is 19.2. The fraction of sp³-hybridized carbons (Fsp3) is 0.500. The minimum atomic E-state index is 0.600. The van der Waals surface area contributed by atoms with Gasteiger partial charge in [-0.2, -0.15) is 0 Å². The summed E-state index contributed by atoms with van der Waals surface area (Å²) in [5.74, 6) is 1.42. The summed E-state index contributed by atoms with van der Waals surface area (Å²) >= 11 is 0. The molecule has 1 N–H and O–H groups in total. The number of aromatic amines is 1. The van der Waals surface area contributed by atoms with Crippen LogP contribution in [0.3, 0.4) is 0 Å². The summed E-state index contributed by atoms with van der Waals surface area (Å²) in [6.45, 7) is 4.19. The molecule has 1 saturated carbocycles. The number of nitrogens with zero attached hydrogens (tertiary/aromatic N) is 1. The Kier molecular flexibility index (Phi) is 3.35. The number of aromatic nitrogens is 2. The van der Waals surface area contributed by atoms with Gasteiger partial charge in [0.15, 0.2) is 0 Å². The van der Waals surface area contributed by atoms with Gasteiger partial charge >= 0.3 is 0 Å². The summed E-state index contributed by atoms with van der Waals surface area (Å²) in [6.07, 6.45) is 11.9. The first-order valence-corrected chi connectivity index (χ1v) is 7.11. The van der Waals surface area contributed by atoms with Gasteiger partial charge in [-0.1, -0.05) is 26.2 Å². The van der Waals surface area contributed by atoms with Crippen LogP contribution in [0.5, 0.6) is 0 Å². The van der Waals surface area contributed by atoms with Gasteiger partial charge in [-0.05, 0) is 48.8 Å². The van der Waals surface area contributed by atoms with Crippen molar-refractivity contribution in [2.24, 2.45) is 5.92 Å². The van der Waals surface area contributed by atoms with Crippen LogP contribution in [0, 0.1) is 12.8 Å². The zero-order chi connectivity index (χ0) is 12.4. The molecule has 0 bridgehead atoms. The monoisotopic (exact) mass is 241 g/mol. The molecule has 95 valence electrons. The third-order valence-electron chi connectivity index (χ3n) is 4.41. The molecule has 0 saturated heterocycles. The second-order valence-electron chi connectivity index (χ2n) is 5.44. The van der Waals surface area contributed by atoms with Crippen LogP contribution in [0.25, 0.3) is 11.0 Å². The summed E-state index contributed by atoms with van der Waals surface area (Å²) in [7, 11) is 0. The largest absolute Gasteiger partial charge is 0.346 e. The van der Waals surface area contributed by atoms with Gasteiger partial charge in [0.25, 0.3) is 0 Å². The summed E-state index contributed by atoms with van der Waals surface area (Å²) < 4.78 is 0. The van der Waals surface area contributed by atoms with E-state index in [2.05, 4.69) is 29.2 Å².